The van der Waals surface area contributed by atoms with Crippen LogP contribution in [0.15, 0.2) is 86.1 Å². The molecule has 0 atom stereocenters. The van der Waals surface area contributed by atoms with Crippen LogP contribution in [-0.4, -0.2) is 34.1 Å². The number of rotatable bonds is 6. The fraction of sp³-hybridized carbons (Fsp3) is 0.361. The minimum Gasteiger partial charge on any atom is -0.487 e. The third-order valence-corrected chi connectivity index (χ3v) is 9.96. The summed E-state index contributed by atoms with van der Waals surface area (Å²) in [5.74, 6) is -1.23. The van der Waals surface area contributed by atoms with Crippen LogP contribution in [0.1, 0.15) is 70.4 Å². The zero-order chi connectivity index (χ0) is 31.6. The monoisotopic (exact) mass is 719 g/mol. The van der Waals surface area contributed by atoms with Crippen LogP contribution < -0.4 is 4.74 Å². The van der Waals surface area contributed by atoms with Crippen LogP contribution in [-0.2, 0) is 21.0 Å². The van der Waals surface area contributed by atoms with E-state index < -0.39 is 11.9 Å². The van der Waals surface area contributed by atoms with E-state index in [4.69, 9.17) is 4.74 Å². The van der Waals surface area contributed by atoms with Gasteiger partial charge in [0, 0.05) is 51.3 Å². The maximum absolute atomic E-state index is 14.1. The maximum atomic E-state index is 14.1. The van der Waals surface area contributed by atoms with Gasteiger partial charge in [0.05, 0.1) is 4.47 Å². The van der Waals surface area contributed by atoms with E-state index in [0.29, 0.717) is 64.0 Å². The summed E-state index contributed by atoms with van der Waals surface area (Å²) in [6.45, 7) is 8.14. The highest BCUT2D eigenvalue weighted by molar-refractivity contribution is 9.11. The molecule has 1 N–H and O–H groups in total. The second-order valence-electron chi connectivity index (χ2n) is 13.7. The zero-order valence-electron chi connectivity index (χ0n) is 25.3. The molecule has 3 aromatic rings. The number of carboxylic acid groups (broad SMARTS) is 1. The average Bonchev–Trinajstić information content (AvgIpc) is 2.91. The Bertz CT molecular complexity index is 1740. The summed E-state index contributed by atoms with van der Waals surface area (Å²) in [6, 6.07) is 18.1. The molecule has 0 fully saturated rings. The van der Waals surface area contributed by atoms with Crippen LogP contribution in [0.4, 0.5) is 0 Å². The summed E-state index contributed by atoms with van der Waals surface area (Å²) in [6.07, 6.45) is 1.69. The standard InChI is InChI=1S/C36H35Br2NO5/c1-35(2)14-26-32(28(40)16-35)31(33-27(39(26)18-30(42)43)15-36(3,4)17-29(33)41)24-12-22(37)13-25(38)34(24)44-19-21-10-7-9-20-8-5-6-11-23(20)21/h5-13,31H,14-19H2,1-4H3,(H,42,43). The fourth-order valence-corrected chi connectivity index (χ4v) is 8.57. The number of benzene rings is 3. The van der Waals surface area contributed by atoms with Crippen LogP contribution in [0, 0.1) is 10.8 Å². The molecule has 228 valence electrons. The summed E-state index contributed by atoms with van der Waals surface area (Å²) < 4.78 is 8.11. The van der Waals surface area contributed by atoms with E-state index in [2.05, 4.69) is 50.1 Å². The summed E-state index contributed by atoms with van der Waals surface area (Å²) in [4.78, 5) is 42.3. The van der Waals surface area contributed by atoms with Crippen molar-refractivity contribution in [3.63, 3.8) is 0 Å². The number of hydrogen-bond donors (Lipinski definition) is 1. The van der Waals surface area contributed by atoms with Crippen LogP contribution in [0.25, 0.3) is 10.8 Å². The van der Waals surface area contributed by atoms with Gasteiger partial charge in [-0.3, -0.25) is 14.4 Å². The molecule has 0 radical (unpaired) electrons. The van der Waals surface area contributed by atoms with Gasteiger partial charge in [-0.25, -0.2) is 0 Å². The Hall–Kier alpha value is -3.23. The predicted molar refractivity (Wildman–Crippen MR) is 177 cm³/mol. The van der Waals surface area contributed by atoms with Gasteiger partial charge in [-0.2, -0.15) is 0 Å². The van der Waals surface area contributed by atoms with Crippen molar-refractivity contribution in [2.75, 3.05) is 6.54 Å². The molecule has 6 nitrogen and oxygen atoms in total. The van der Waals surface area contributed by atoms with Crippen molar-refractivity contribution >= 4 is 60.2 Å². The minimum absolute atomic E-state index is 0.0584. The fourth-order valence-electron chi connectivity index (χ4n) is 7.20. The van der Waals surface area contributed by atoms with E-state index >= 15 is 0 Å². The third kappa shape index (κ3) is 5.67. The van der Waals surface area contributed by atoms with Crippen molar-refractivity contribution < 1.29 is 24.2 Å². The molecule has 0 bridgehead atoms. The number of ketones is 2. The molecule has 0 aromatic heterocycles. The van der Waals surface area contributed by atoms with Crippen LogP contribution in [0.3, 0.4) is 0 Å². The van der Waals surface area contributed by atoms with Crippen molar-refractivity contribution in [1.29, 1.82) is 0 Å². The molecule has 6 rings (SSSR count). The molecule has 0 spiro atoms. The molecule has 8 heteroatoms. The third-order valence-electron chi connectivity index (χ3n) is 8.92. The number of ether oxygens (including phenoxy) is 1. The lowest BCUT2D eigenvalue weighted by molar-refractivity contribution is -0.138. The Morgan fingerprint density at radius 2 is 1.48 bits per heavy atom. The molecule has 3 aliphatic rings. The van der Waals surface area contributed by atoms with E-state index in [-0.39, 0.29) is 35.5 Å². The van der Waals surface area contributed by atoms with E-state index in [1.807, 2.05) is 64.1 Å². The van der Waals surface area contributed by atoms with Crippen LogP contribution in [0.2, 0.25) is 0 Å². The van der Waals surface area contributed by atoms with Crippen LogP contribution >= 0.6 is 31.9 Å². The predicted octanol–water partition coefficient (Wildman–Crippen LogP) is 8.71. The number of allylic oxidation sites excluding steroid dienone is 4. The van der Waals surface area contributed by atoms with Gasteiger partial charge in [0.25, 0.3) is 0 Å². The largest absolute Gasteiger partial charge is 0.487 e. The lowest BCUT2D eigenvalue weighted by Crippen LogP contribution is -2.45. The summed E-state index contributed by atoms with van der Waals surface area (Å²) >= 11 is 7.38. The van der Waals surface area contributed by atoms with E-state index in [9.17, 15) is 19.5 Å². The molecular formula is C36H35Br2NO5. The Labute approximate surface area is 274 Å². The number of fused-ring (bicyclic) bond motifs is 1. The Morgan fingerprint density at radius 1 is 0.886 bits per heavy atom. The number of nitrogens with zero attached hydrogens (tertiary/aromatic N) is 1. The first-order valence-corrected chi connectivity index (χ1v) is 16.4. The van der Waals surface area contributed by atoms with Crippen LogP contribution in [0.5, 0.6) is 5.75 Å². The SMILES string of the molecule is CC1(C)CC(=O)C2=C(C1)N(CC(=O)O)C1=C(C(=O)CC(C)(C)C1)C2c1cc(Br)cc(Br)c1OCc1cccc2ccccc12. The smallest absolute Gasteiger partial charge is 0.323 e. The minimum atomic E-state index is -1.00. The van der Waals surface area contributed by atoms with Gasteiger partial charge in [-0.05, 0) is 68.1 Å². The molecule has 2 aliphatic carbocycles. The molecule has 3 aromatic carbocycles. The number of aliphatic carboxylic acids is 1. The van der Waals surface area contributed by atoms with Crippen molar-refractivity contribution in [3.05, 3.63) is 97.2 Å². The topological polar surface area (TPSA) is 83.9 Å². The molecular weight excluding hydrogens is 686 g/mol. The zero-order valence-corrected chi connectivity index (χ0v) is 28.5. The van der Waals surface area contributed by atoms with Crippen molar-refractivity contribution in [1.82, 2.24) is 4.90 Å². The van der Waals surface area contributed by atoms with Crippen molar-refractivity contribution in [2.24, 2.45) is 10.8 Å². The van der Waals surface area contributed by atoms with E-state index in [1.165, 1.54) is 0 Å². The Balaban J connectivity index is 1.56. The van der Waals surface area contributed by atoms with Crippen molar-refractivity contribution in [2.45, 2.75) is 65.9 Å². The first-order valence-electron chi connectivity index (χ1n) is 14.8. The molecule has 0 unspecified atom stereocenters. The number of carboxylic acids is 1. The molecule has 0 saturated heterocycles. The van der Waals surface area contributed by atoms with Gasteiger partial charge in [0.15, 0.2) is 11.6 Å². The number of halogens is 2. The second kappa shape index (κ2) is 11.3. The number of hydrogen-bond acceptors (Lipinski definition) is 5. The molecule has 1 heterocycles. The van der Waals surface area contributed by atoms with Gasteiger partial charge in [-0.15, -0.1) is 0 Å². The molecule has 1 aliphatic heterocycles. The first kappa shape index (κ1) is 30.8. The number of Topliss-reactive ketones (excluding diaryl/α,β-unsaturated/α-hetero) is 2. The molecule has 0 saturated carbocycles. The van der Waals surface area contributed by atoms with Gasteiger partial charge in [0.1, 0.15) is 18.9 Å². The van der Waals surface area contributed by atoms with E-state index in [0.717, 1.165) is 20.8 Å². The summed E-state index contributed by atoms with van der Waals surface area (Å²) in [5, 5.41) is 12.2. The highest BCUT2D eigenvalue weighted by atomic mass is 79.9. The number of carbonyl (C=O) groups is 3. The Morgan fingerprint density at radius 3 is 2.09 bits per heavy atom. The summed E-state index contributed by atoms with van der Waals surface area (Å²) in [5.41, 5.74) is 3.46. The highest BCUT2D eigenvalue weighted by Crippen LogP contribution is 2.56. The number of carbonyl (C=O) groups excluding carboxylic acids is 2. The average molecular weight is 721 g/mol. The molecule has 0 amide bonds. The maximum Gasteiger partial charge on any atom is 0.323 e. The Kier molecular flexibility index (Phi) is 7.90. The lowest BCUT2D eigenvalue weighted by Gasteiger charge is -2.48. The lowest BCUT2D eigenvalue weighted by atomic mass is 9.63. The summed E-state index contributed by atoms with van der Waals surface area (Å²) in [7, 11) is 0. The van der Waals surface area contributed by atoms with Gasteiger partial charge >= 0.3 is 5.97 Å². The van der Waals surface area contributed by atoms with Gasteiger partial charge < -0.3 is 14.7 Å². The van der Waals surface area contributed by atoms with Gasteiger partial charge in [-0.1, -0.05) is 86.1 Å². The normalized spacial score (nSPS) is 19.7. The quantitative estimate of drug-likeness (QED) is 0.274. The van der Waals surface area contributed by atoms with E-state index in [1.54, 1.807) is 4.90 Å². The van der Waals surface area contributed by atoms with Crippen molar-refractivity contribution in [3.8, 4) is 5.75 Å². The van der Waals surface area contributed by atoms with Gasteiger partial charge in [0.2, 0.25) is 0 Å². The first-order chi connectivity index (χ1) is 20.7. The molecule has 44 heavy (non-hydrogen) atoms. The highest BCUT2D eigenvalue weighted by Gasteiger charge is 2.50. The second-order valence-corrected chi connectivity index (χ2v) is 15.5.